The number of hydrogen-bond donors (Lipinski definition) is 2. The molecule has 2 rings (SSSR count). The number of imidazole rings is 1. The van der Waals surface area contributed by atoms with E-state index in [4.69, 9.17) is 11.5 Å². The zero-order valence-corrected chi connectivity index (χ0v) is 12.2. The first-order chi connectivity index (χ1) is 10.2. The van der Waals surface area contributed by atoms with Crippen LogP contribution in [0.3, 0.4) is 0 Å². The van der Waals surface area contributed by atoms with Gasteiger partial charge in [0, 0.05) is 24.7 Å². The topological polar surface area (TPSA) is 133 Å². The van der Waals surface area contributed by atoms with E-state index in [0.29, 0.717) is 0 Å². The molecule has 0 bridgehead atoms. The number of carbonyl (C=O) groups excluding carboxylic acids is 1. The van der Waals surface area contributed by atoms with E-state index in [1.165, 1.54) is 23.3 Å². The molecule has 0 atom stereocenters. The van der Waals surface area contributed by atoms with Crippen LogP contribution in [0.15, 0.2) is 40.7 Å². The normalized spacial score (nSPS) is 11.2. The number of benzene rings is 1. The van der Waals surface area contributed by atoms with Crippen molar-refractivity contribution in [2.75, 3.05) is 6.26 Å². The van der Waals surface area contributed by atoms with Gasteiger partial charge in [-0.1, -0.05) is 0 Å². The highest BCUT2D eigenvalue weighted by molar-refractivity contribution is 7.90. The van der Waals surface area contributed by atoms with Crippen LogP contribution in [0.25, 0.3) is 5.69 Å². The first-order valence-electron chi connectivity index (χ1n) is 5.86. The first kappa shape index (κ1) is 15.6. The highest BCUT2D eigenvalue weighted by atomic mass is 32.2. The lowest BCUT2D eigenvalue weighted by molar-refractivity contribution is 0.0998. The van der Waals surface area contributed by atoms with E-state index in [-0.39, 0.29) is 10.6 Å². The number of amides is 1. The number of guanidine groups is 1. The lowest BCUT2D eigenvalue weighted by Crippen LogP contribution is -2.24. The second-order valence-corrected chi connectivity index (χ2v) is 6.37. The molecule has 4 N–H and O–H groups in total. The molecule has 10 heteroatoms. The second kappa shape index (κ2) is 5.56. The van der Waals surface area contributed by atoms with E-state index in [0.717, 1.165) is 18.4 Å². The summed E-state index contributed by atoms with van der Waals surface area (Å²) in [4.78, 5) is 18.5. The molecular formula is C12H12FN5O3S. The Balaban J connectivity index is 2.73. The average molecular weight is 325 g/mol. The van der Waals surface area contributed by atoms with E-state index in [9.17, 15) is 17.6 Å². The third kappa shape index (κ3) is 3.11. The van der Waals surface area contributed by atoms with Crippen molar-refractivity contribution in [1.82, 2.24) is 9.55 Å². The maximum absolute atomic E-state index is 14.1. The number of rotatable bonds is 3. The summed E-state index contributed by atoms with van der Waals surface area (Å²) >= 11 is 0. The molecule has 1 aromatic carbocycles. The standard InChI is InChI=1S/C12H12FN5O3S/c1-22(20,21)10-4-7(11(19)17-12(14)15)8(13)5-9(10)18-3-2-16-6-18/h2-6H,1H3,(H4,14,15,17,19). The van der Waals surface area contributed by atoms with Crippen LogP contribution in [0.5, 0.6) is 0 Å². The van der Waals surface area contributed by atoms with E-state index in [1.807, 2.05) is 0 Å². The fourth-order valence-corrected chi connectivity index (χ4v) is 2.66. The van der Waals surface area contributed by atoms with Gasteiger partial charge in [-0.2, -0.15) is 4.99 Å². The van der Waals surface area contributed by atoms with Gasteiger partial charge in [-0.25, -0.2) is 17.8 Å². The molecule has 2 aromatic rings. The molecule has 22 heavy (non-hydrogen) atoms. The van der Waals surface area contributed by atoms with Crippen molar-refractivity contribution in [3.05, 3.63) is 42.2 Å². The summed E-state index contributed by atoms with van der Waals surface area (Å²) in [5.74, 6) is -2.57. The van der Waals surface area contributed by atoms with Crippen LogP contribution in [0.1, 0.15) is 10.4 Å². The van der Waals surface area contributed by atoms with E-state index in [1.54, 1.807) is 0 Å². The van der Waals surface area contributed by atoms with Gasteiger partial charge in [-0.05, 0) is 6.07 Å². The fraction of sp³-hybridized carbons (Fsp3) is 0.0833. The lowest BCUT2D eigenvalue weighted by atomic mass is 10.1. The number of carbonyl (C=O) groups is 1. The van der Waals surface area contributed by atoms with Crippen molar-refractivity contribution in [2.24, 2.45) is 16.5 Å². The summed E-state index contributed by atoms with van der Waals surface area (Å²) in [5, 5.41) is 0. The van der Waals surface area contributed by atoms with Crippen LogP contribution in [-0.4, -0.2) is 36.1 Å². The van der Waals surface area contributed by atoms with Crippen molar-refractivity contribution >= 4 is 21.7 Å². The third-order valence-corrected chi connectivity index (χ3v) is 3.82. The van der Waals surface area contributed by atoms with Gasteiger partial charge in [0.15, 0.2) is 15.8 Å². The molecule has 8 nitrogen and oxygen atoms in total. The fourth-order valence-electron chi connectivity index (χ4n) is 1.78. The van der Waals surface area contributed by atoms with Crippen LogP contribution in [-0.2, 0) is 9.84 Å². The smallest absolute Gasteiger partial charge is 0.283 e. The minimum absolute atomic E-state index is 0.0266. The summed E-state index contributed by atoms with van der Waals surface area (Å²) in [7, 11) is -3.74. The minimum atomic E-state index is -3.74. The molecule has 116 valence electrons. The minimum Gasteiger partial charge on any atom is -0.370 e. The van der Waals surface area contributed by atoms with Gasteiger partial charge < -0.3 is 16.0 Å². The molecule has 0 aliphatic heterocycles. The maximum Gasteiger partial charge on any atom is 0.283 e. The van der Waals surface area contributed by atoms with Crippen LogP contribution >= 0.6 is 0 Å². The summed E-state index contributed by atoms with van der Waals surface area (Å²) in [6.45, 7) is 0. The van der Waals surface area contributed by atoms with Crippen molar-refractivity contribution in [1.29, 1.82) is 0 Å². The van der Waals surface area contributed by atoms with Crippen molar-refractivity contribution in [2.45, 2.75) is 4.90 Å². The van der Waals surface area contributed by atoms with Gasteiger partial charge in [0.05, 0.1) is 22.5 Å². The number of sulfone groups is 1. The van der Waals surface area contributed by atoms with Crippen LogP contribution < -0.4 is 11.5 Å². The van der Waals surface area contributed by atoms with Crippen molar-refractivity contribution < 1.29 is 17.6 Å². The van der Waals surface area contributed by atoms with E-state index in [2.05, 4.69) is 9.98 Å². The number of nitrogens with two attached hydrogens (primary N) is 2. The maximum atomic E-state index is 14.1. The Labute approximate surface area is 125 Å². The molecule has 1 aromatic heterocycles. The number of hydrogen-bond acceptors (Lipinski definition) is 4. The lowest BCUT2D eigenvalue weighted by Gasteiger charge is -2.11. The average Bonchev–Trinajstić information content (AvgIpc) is 2.89. The number of halogens is 1. The van der Waals surface area contributed by atoms with Gasteiger partial charge in [0.25, 0.3) is 5.91 Å². The molecule has 0 aliphatic rings. The zero-order chi connectivity index (χ0) is 16.5. The van der Waals surface area contributed by atoms with Gasteiger partial charge in [0.2, 0.25) is 0 Å². The summed E-state index contributed by atoms with van der Waals surface area (Å²) in [6.07, 6.45) is 5.10. The molecule has 0 aliphatic carbocycles. The molecule has 0 saturated carbocycles. The second-order valence-electron chi connectivity index (χ2n) is 4.38. The number of nitrogens with zero attached hydrogens (tertiary/aromatic N) is 3. The Bertz CT molecular complexity index is 855. The number of aromatic nitrogens is 2. The Morgan fingerprint density at radius 3 is 2.55 bits per heavy atom. The Morgan fingerprint density at radius 2 is 2.05 bits per heavy atom. The predicted octanol–water partition coefficient (Wildman–Crippen LogP) is -0.171. The molecule has 1 heterocycles. The molecule has 0 saturated heterocycles. The summed E-state index contributed by atoms with van der Waals surface area (Å²) < 4.78 is 39.2. The van der Waals surface area contributed by atoms with Crippen LogP contribution in [0.2, 0.25) is 0 Å². The SMILES string of the molecule is CS(=O)(=O)c1cc(C(=O)N=C(N)N)c(F)cc1-n1ccnc1. The first-order valence-corrected chi connectivity index (χ1v) is 7.75. The van der Waals surface area contributed by atoms with E-state index < -0.39 is 33.1 Å². The third-order valence-electron chi connectivity index (χ3n) is 2.69. The molecular weight excluding hydrogens is 313 g/mol. The Kier molecular flexibility index (Phi) is 3.95. The molecule has 0 fully saturated rings. The summed E-state index contributed by atoms with van der Waals surface area (Å²) in [5.41, 5.74) is 9.61. The monoisotopic (exact) mass is 325 g/mol. The van der Waals surface area contributed by atoms with Crippen molar-refractivity contribution in [3.8, 4) is 5.69 Å². The Morgan fingerprint density at radius 1 is 1.36 bits per heavy atom. The largest absolute Gasteiger partial charge is 0.370 e. The molecule has 0 radical (unpaired) electrons. The van der Waals surface area contributed by atoms with Crippen molar-refractivity contribution in [3.63, 3.8) is 0 Å². The predicted molar refractivity (Wildman–Crippen MR) is 76.8 cm³/mol. The van der Waals surface area contributed by atoms with Gasteiger partial charge in [-0.15, -0.1) is 0 Å². The molecule has 0 unspecified atom stereocenters. The zero-order valence-electron chi connectivity index (χ0n) is 11.4. The van der Waals surface area contributed by atoms with Gasteiger partial charge in [0.1, 0.15) is 5.82 Å². The molecule has 0 spiro atoms. The van der Waals surface area contributed by atoms with E-state index >= 15 is 0 Å². The number of aliphatic imine (C=N–C) groups is 1. The van der Waals surface area contributed by atoms with Crippen LogP contribution in [0.4, 0.5) is 4.39 Å². The summed E-state index contributed by atoms with van der Waals surface area (Å²) in [6, 6.07) is 1.81. The highest BCUT2D eigenvalue weighted by Gasteiger charge is 2.22. The molecule has 1 amide bonds. The van der Waals surface area contributed by atoms with Gasteiger partial charge >= 0.3 is 0 Å². The highest BCUT2D eigenvalue weighted by Crippen LogP contribution is 2.24. The quantitative estimate of drug-likeness (QED) is 0.457. The van der Waals surface area contributed by atoms with Gasteiger partial charge in [-0.3, -0.25) is 4.79 Å². The Hall–Kier alpha value is -2.75. The van der Waals surface area contributed by atoms with Crippen LogP contribution in [0, 0.1) is 5.82 Å².